The number of furan rings is 1. The van der Waals surface area contributed by atoms with Gasteiger partial charge in [0.1, 0.15) is 11.5 Å². The van der Waals surface area contributed by atoms with Crippen molar-refractivity contribution in [1.29, 1.82) is 0 Å². The smallest absolute Gasteiger partial charge is 0.276 e. The Morgan fingerprint density at radius 3 is 2.79 bits per heavy atom. The molecule has 0 atom stereocenters. The molecule has 0 fully saturated rings. The highest BCUT2D eigenvalue weighted by Crippen LogP contribution is 2.22. The van der Waals surface area contributed by atoms with Crippen molar-refractivity contribution in [1.82, 2.24) is 10.2 Å². The zero-order valence-electron chi connectivity index (χ0n) is 12.6. The number of carbonyl (C=O) groups excluding carboxylic acids is 2. The van der Waals surface area contributed by atoms with Gasteiger partial charge in [0.05, 0.1) is 6.26 Å². The quantitative estimate of drug-likeness (QED) is 0.682. The summed E-state index contributed by atoms with van der Waals surface area (Å²) in [5, 5.41) is 9.09. The summed E-state index contributed by atoms with van der Waals surface area (Å²) in [6, 6.07) is 7.26. The maximum absolute atomic E-state index is 13.8. The predicted molar refractivity (Wildman–Crippen MR) is 83.9 cm³/mol. The number of anilines is 1. The maximum Gasteiger partial charge on any atom is 0.276 e. The van der Waals surface area contributed by atoms with Crippen molar-refractivity contribution in [3.8, 4) is 11.5 Å². The van der Waals surface area contributed by atoms with E-state index >= 15 is 0 Å². The maximum atomic E-state index is 13.8. The number of hydrogen-bond donors (Lipinski definition) is 3. The van der Waals surface area contributed by atoms with Gasteiger partial charge in [0.2, 0.25) is 5.91 Å². The molecule has 2 amide bonds. The topological polar surface area (TPSA) is 114 Å². The molecule has 0 saturated carbocycles. The number of amides is 2. The number of nitrogens with one attached hydrogen (secondary N) is 2. The van der Waals surface area contributed by atoms with Gasteiger partial charge in [-0.3, -0.25) is 14.7 Å². The van der Waals surface area contributed by atoms with Gasteiger partial charge in [-0.05, 0) is 31.2 Å². The van der Waals surface area contributed by atoms with Crippen LogP contribution in [0.4, 0.5) is 10.1 Å². The van der Waals surface area contributed by atoms with E-state index in [0.29, 0.717) is 11.5 Å². The molecule has 3 rings (SSSR count). The fourth-order valence-electron chi connectivity index (χ4n) is 2.13. The fraction of sp³-hybridized carbons (Fsp3) is 0.0625. The molecule has 7 nitrogen and oxygen atoms in total. The van der Waals surface area contributed by atoms with E-state index in [1.165, 1.54) is 25.3 Å². The van der Waals surface area contributed by atoms with Crippen LogP contribution < -0.4 is 11.1 Å². The Kier molecular flexibility index (Phi) is 3.87. The van der Waals surface area contributed by atoms with Crippen molar-refractivity contribution in [2.24, 2.45) is 5.73 Å². The lowest BCUT2D eigenvalue weighted by molar-refractivity contribution is 0.0995. The van der Waals surface area contributed by atoms with Crippen LogP contribution >= 0.6 is 0 Å². The van der Waals surface area contributed by atoms with Gasteiger partial charge in [-0.2, -0.15) is 5.10 Å². The van der Waals surface area contributed by atoms with Crippen LogP contribution in [0.1, 0.15) is 26.4 Å². The lowest BCUT2D eigenvalue weighted by atomic mass is 10.1. The van der Waals surface area contributed by atoms with Crippen molar-refractivity contribution in [3.05, 3.63) is 59.2 Å². The lowest BCUT2D eigenvalue weighted by Gasteiger charge is -2.09. The number of aromatic amines is 1. The Bertz CT molecular complexity index is 916. The van der Waals surface area contributed by atoms with Gasteiger partial charge in [0, 0.05) is 22.9 Å². The summed E-state index contributed by atoms with van der Waals surface area (Å²) >= 11 is 0. The highest BCUT2D eigenvalue weighted by molar-refractivity contribution is 6.04. The van der Waals surface area contributed by atoms with Crippen molar-refractivity contribution in [3.63, 3.8) is 0 Å². The van der Waals surface area contributed by atoms with E-state index in [4.69, 9.17) is 10.2 Å². The van der Waals surface area contributed by atoms with Crippen LogP contribution in [0.5, 0.6) is 0 Å². The SMILES string of the molecule is Cc1c(F)cc(C(N)=O)cc1NC(=O)c1cc(-c2ccco2)[nH]n1. The molecule has 0 aliphatic carbocycles. The van der Waals surface area contributed by atoms with E-state index in [-0.39, 0.29) is 22.5 Å². The molecule has 1 aromatic carbocycles. The molecule has 2 heterocycles. The van der Waals surface area contributed by atoms with Crippen LogP contribution in [0.25, 0.3) is 11.5 Å². The zero-order valence-corrected chi connectivity index (χ0v) is 12.6. The second-order valence-electron chi connectivity index (χ2n) is 5.09. The molecule has 0 bridgehead atoms. The van der Waals surface area contributed by atoms with Gasteiger partial charge in [0.15, 0.2) is 11.5 Å². The van der Waals surface area contributed by atoms with Gasteiger partial charge in [0.25, 0.3) is 5.91 Å². The number of H-pyrrole nitrogens is 1. The van der Waals surface area contributed by atoms with Gasteiger partial charge in [-0.15, -0.1) is 0 Å². The normalized spacial score (nSPS) is 10.6. The Morgan fingerprint density at radius 1 is 1.33 bits per heavy atom. The number of rotatable bonds is 4. The lowest BCUT2D eigenvalue weighted by Crippen LogP contribution is -2.16. The number of hydrogen-bond acceptors (Lipinski definition) is 4. The van der Waals surface area contributed by atoms with Crippen molar-refractivity contribution in [2.45, 2.75) is 6.92 Å². The first-order valence-corrected chi connectivity index (χ1v) is 6.96. The molecule has 0 spiro atoms. The number of nitrogens with zero attached hydrogens (tertiary/aromatic N) is 1. The first-order valence-electron chi connectivity index (χ1n) is 6.96. The van der Waals surface area contributed by atoms with Crippen molar-refractivity contribution in [2.75, 3.05) is 5.32 Å². The Balaban J connectivity index is 1.86. The number of halogens is 1. The average molecular weight is 328 g/mol. The Labute approximate surface area is 135 Å². The first-order chi connectivity index (χ1) is 11.5. The Morgan fingerprint density at radius 2 is 2.12 bits per heavy atom. The molecule has 3 aromatic rings. The molecular weight excluding hydrogens is 315 g/mol. The molecular formula is C16H13FN4O3. The molecule has 0 aliphatic rings. The van der Waals surface area contributed by atoms with Gasteiger partial charge < -0.3 is 15.5 Å². The van der Waals surface area contributed by atoms with Crippen molar-refractivity contribution >= 4 is 17.5 Å². The number of carbonyl (C=O) groups is 2. The molecule has 0 radical (unpaired) electrons. The van der Waals surface area contributed by atoms with Crippen LogP contribution in [-0.4, -0.2) is 22.0 Å². The van der Waals surface area contributed by atoms with Gasteiger partial charge in [-0.25, -0.2) is 4.39 Å². The van der Waals surface area contributed by atoms with Gasteiger partial charge >= 0.3 is 0 Å². The van der Waals surface area contributed by atoms with Crippen LogP contribution in [-0.2, 0) is 0 Å². The summed E-state index contributed by atoms with van der Waals surface area (Å²) in [6.45, 7) is 1.48. The van der Waals surface area contributed by atoms with Crippen molar-refractivity contribution < 1.29 is 18.4 Å². The summed E-state index contributed by atoms with van der Waals surface area (Å²) < 4.78 is 19.1. The number of nitrogens with two attached hydrogens (primary N) is 1. The number of benzene rings is 1. The molecule has 122 valence electrons. The summed E-state index contributed by atoms with van der Waals surface area (Å²) in [5.74, 6) is -1.46. The summed E-state index contributed by atoms with van der Waals surface area (Å²) in [5.41, 5.74) is 6.07. The zero-order chi connectivity index (χ0) is 17.3. The highest BCUT2D eigenvalue weighted by atomic mass is 19.1. The minimum absolute atomic E-state index is 0.0355. The third kappa shape index (κ3) is 2.89. The molecule has 4 N–H and O–H groups in total. The largest absolute Gasteiger partial charge is 0.463 e. The van der Waals surface area contributed by atoms with E-state index in [0.717, 1.165) is 6.07 Å². The number of primary amides is 1. The van der Waals surface area contributed by atoms with Crippen LogP contribution in [0.3, 0.4) is 0 Å². The van der Waals surface area contributed by atoms with E-state index in [1.54, 1.807) is 12.1 Å². The highest BCUT2D eigenvalue weighted by Gasteiger charge is 2.16. The minimum atomic E-state index is -0.788. The standard InChI is InChI=1S/C16H13FN4O3/c1-8-10(17)5-9(15(18)22)6-11(8)19-16(23)13-7-12(20-21-13)14-3-2-4-24-14/h2-7H,1H3,(H2,18,22)(H,19,23)(H,20,21). The third-order valence-electron chi connectivity index (χ3n) is 3.47. The predicted octanol–water partition coefficient (Wildman–Crippen LogP) is 2.47. The molecule has 8 heteroatoms. The second kappa shape index (κ2) is 5.99. The fourth-order valence-corrected chi connectivity index (χ4v) is 2.13. The summed E-state index contributed by atoms with van der Waals surface area (Å²) in [7, 11) is 0. The second-order valence-corrected chi connectivity index (χ2v) is 5.09. The third-order valence-corrected chi connectivity index (χ3v) is 3.47. The monoisotopic (exact) mass is 328 g/mol. The van der Waals surface area contributed by atoms with Crippen LogP contribution in [0, 0.1) is 12.7 Å². The molecule has 0 saturated heterocycles. The van der Waals surface area contributed by atoms with E-state index in [2.05, 4.69) is 15.5 Å². The number of aromatic nitrogens is 2. The molecule has 0 unspecified atom stereocenters. The molecule has 24 heavy (non-hydrogen) atoms. The van der Waals surface area contributed by atoms with Crippen LogP contribution in [0.2, 0.25) is 0 Å². The van der Waals surface area contributed by atoms with E-state index < -0.39 is 17.6 Å². The minimum Gasteiger partial charge on any atom is -0.463 e. The van der Waals surface area contributed by atoms with Crippen LogP contribution in [0.15, 0.2) is 41.0 Å². The van der Waals surface area contributed by atoms with Gasteiger partial charge in [-0.1, -0.05) is 0 Å². The Hall–Kier alpha value is -3.42. The summed E-state index contributed by atoms with van der Waals surface area (Å²) in [6.07, 6.45) is 1.50. The van der Waals surface area contributed by atoms with E-state index in [1.807, 2.05) is 0 Å². The first kappa shape index (κ1) is 15.5. The molecule has 2 aromatic heterocycles. The van der Waals surface area contributed by atoms with E-state index in [9.17, 15) is 14.0 Å². The average Bonchev–Trinajstić information content (AvgIpc) is 3.21. The molecule has 0 aliphatic heterocycles. The summed E-state index contributed by atoms with van der Waals surface area (Å²) in [4.78, 5) is 23.5.